The number of aromatic nitrogens is 3. The Morgan fingerprint density at radius 1 is 1.55 bits per heavy atom. The van der Waals surface area contributed by atoms with Crippen molar-refractivity contribution in [2.45, 2.75) is 6.04 Å². The molecule has 20 heavy (non-hydrogen) atoms. The van der Waals surface area contributed by atoms with Gasteiger partial charge in [0.15, 0.2) is 0 Å². The summed E-state index contributed by atoms with van der Waals surface area (Å²) >= 11 is 3.46. The molecule has 100 valence electrons. The molecule has 0 bridgehead atoms. The first kappa shape index (κ1) is 12.8. The fourth-order valence-corrected chi connectivity index (χ4v) is 2.71. The van der Waals surface area contributed by atoms with E-state index in [2.05, 4.69) is 36.6 Å². The van der Waals surface area contributed by atoms with Crippen molar-refractivity contribution < 1.29 is 4.79 Å². The molecule has 0 aliphatic carbocycles. The van der Waals surface area contributed by atoms with Crippen molar-refractivity contribution in [1.29, 1.82) is 5.26 Å². The van der Waals surface area contributed by atoms with Gasteiger partial charge in [-0.05, 0) is 35.1 Å². The molecule has 2 aromatic rings. The van der Waals surface area contributed by atoms with Crippen molar-refractivity contribution in [3.05, 3.63) is 34.3 Å². The van der Waals surface area contributed by atoms with E-state index in [0.29, 0.717) is 5.69 Å². The predicted octanol–water partition coefficient (Wildman–Crippen LogP) is 1.11. The summed E-state index contributed by atoms with van der Waals surface area (Å²) < 4.78 is 2.25. The van der Waals surface area contributed by atoms with Crippen molar-refractivity contribution >= 4 is 27.5 Å². The smallest absolute Gasteiger partial charge is 0.252 e. The first-order valence-corrected chi connectivity index (χ1v) is 6.57. The summed E-state index contributed by atoms with van der Waals surface area (Å²) in [7, 11) is 1.73. The monoisotopic (exact) mass is 332 g/mol. The molecule has 0 saturated carbocycles. The Balaban J connectivity index is 2.10. The number of halogens is 1. The third-order valence-electron chi connectivity index (χ3n) is 3.08. The highest BCUT2D eigenvalue weighted by molar-refractivity contribution is 9.10. The Morgan fingerprint density at radius 3 is 3.00 bits per heavy atom. The Bertz CT molecular complexity index is 747. The number of benzene rings is 1. The maximum Gasteiger partial charge on any atom is 0.252 e. The Hall–Kier alpha value is -2.24. The molecule has 0 saturated heterocycles. The SMILES string of the molecule is CNC1C(=O)Nc2cc(-n3cnc(C#N)n3)c(Br)cc21. The maximum absolute atomic E-state index is 11.8. The van der Waals surface area contributed by atoms with Crippen molar-refractivity contribution in [3.8, 4) is 11.8 Å². The lowest BCUT2D eigenvalue weighted by Gasteiger charge is -2.09. The molecule has 1 aromatic carbocycles. The molecule has 1 aliphatic rings. The molecule has 2 N–H and O–H groups in total. The zero-order valence-corrected chi connectivity index (χ0v) is 12.0. The second-order valence-corrected chi connectivity index (χ2v) is 5.08. The largest absolute Gasteiger partial charge is 0.324 e. The highest BCUT2D eigenvalue weighted by atomic mass is 79.9. The number of carbonyl (C=O) groups is 1. The van der Waals surface area contributed by atoms with Gasteiger partial charge in [-0.2, -0.15) is 5.26 Å². The van der Waals surface area contributed by atoms with Gasteiger partial charge in [-0.3, -0.25) is 4.79 Å². The van der Waals surface area contributed by atoms with E-state index < -0.39 is 0 Å². The van der Waals surface area contributed by atoms with Crippen LogP contribution in [0, 0.1) is 11.3 Å². The highest BCUT2D eigenvalue weighted by Gasteiger charge is 2.30. The fraction of sp³-hybridized carbons (Fsp3) is 0.167. The van der Waals surface area contributed by atoms with Crippen molar-refractivity contribution in [2.24, 2.45) is 0 Å². The number of rotatable bonds is 2. The van der Waals surface area contributed by atoms with Crippen molar-refractivity contribution in [2.75, 3.05) is 12.4 Å². The number of fused-ring (bicyclic) bond motifs is 1. The lowest BCUT2D eigenvalue weighted by Crippen LogP contribution is -2.23. The summed E-state index contributed by atoms with van der Waals surface area (Å²) in [6, 6.07) is 5.17. The van der Waals surface area contributed by atoms with Gasteiger partial charge in [0.1, 0.15) is 18.4 Å². The minimum atomic E-state index is -0.360. The summed E-state index contributed by atoms with van der Waals surface area (Å²) in [4.78, 5) is 15.7. The topological polar surface area (TPSA) is 95.6 Å². The highest BCUT2D eigenvalue weighted by Crippen LogP contribution is 2.36. The van der Waals surface area contributed by atoms with Gasteiger partial charge in [-0.1, -0.05) is 0 Å². The fourth-order valence-electron chi connectivity index (χ4n) is 2.16. The minimum absolute atomic E-state index is 0.0922. The molecular formula is C12H9BrN6O. The van der Waals surface area contributed by atoms with Gasteiger partial charge >= 0.3 is 0 Å². The van der Waals surface area contributed by atoms with Crippen LogP contribution >= 0.6 is 15.9 Å². The summed E-state index contributed by atoms with van der Waals surface area (Å²) in [5.74, 6) is -0.00242. The number of nitriles is 1. The van der Waals surface area contributed by atoms with Gasteiger partial charge in [-0.15, -0.1) is 5.10 Å². The molecule has 0 fully saturated rings. The van der Waals surface area contributed by atoms with E-state index in [4.69, 9.17) is 5.26 Å². The molecule has 3 rings (SSSR count). The van der Waals surface area contributed by atoms with Crippen LogP contribution in [-0.2, 0) is 4.79 Å². The first-order valence-electron chi connectivity index (χ1n) is 5.77. The van der Waals surface area contributed by atoms with Crippen LogP contribution < -0.4 is 10.6 Å². The summed E-state index contributed by atoms with van der Waals surface area (Å²) in [6.45, 7) is 0. The van der Waals surface area contributed by atoms with Crippen LogP contribution in [0.25, 0.3) is 5.69 Å². The third-order valence-corrected chi connectivity index (χ3v) is 3.71. The quantitative estimate of drug-likeness (QED) is 0.858. The maximum atomic E-state index is 11.8. The number of nitrogens with zero attached hydrogens (tertiary/aromatic N) is 4. The molecule has 1 unspecified atom stereocenters. The first-order chi connectivity index (χ1) is 9.63. The average molecular weight is 333 g/mol. The van der Waals surface area contributed by atoms with E-state index in [-0.39, 0.29) is 17.8 Å². The molecule has 1 aliphatic heterocycles. The summed E-state index contributed by atoms with van der Waals surface area (Å²) in [6.07, 6.45) is 1.46. The summed E-state index contributed by atoms with van der Waals surface area (Å²) in [5.41, 5.74) is 2.30. The molecule has 7 nitrogen and oxygen atoms in total. The molecule has 0 radical (unpaired) electrons. The Morgan fingerprint density at radius 2 is 2.35 bits per heavy atom. The zero-order valence-electron chi connectivity index (χ0n) is 10.4. The Kier molecular flexibility index (Phi) is 3.00. The number of carbonyl (C=O) groups excluding carboxylic acids is 1. The zero-order chi connectivity index (χ0) is 14.3. The van der Waals surface area contributed by atoms with Gasteiger partial charge in [0, 0.05) is 15.7 Å². The molecular weight excluding hydrogens is 324 g/mol. The average Bonchev–Trinajstić information content (AvgIpc) is 3.01. The van der Waals surface area contributed by atoms with E-state index in [1.54, 1.807) is 13.1 Å². The van der Waals surface area contributed by atoms with Crippen LogP contribution in [0.2, 0.25) is 0 Å². The number of hydrogen-bond donors (Lipinski definition) is 2. The minimum Gasteiger partial charge on any atom is -0.324 e. The molecule has 8 heteroatoms. The van der Waals surface area contributed by atoms with Crippen LogP contribution in [-0.4, -0.2) is 27.7 Å². The number of likely N-dealkylation sites (N-methyl/N-ethyl adjacent to an activating group) is 1. The van der Waals surface area contributed by atoms with Gasteiger partial charge in [-0.25, -0.2) is 9.67 Å². The lowest BCUT2D eigenvalue weighted by molar-refractivity contribution is -0.117. The van der Waals surface area contributed by atoms with Crippen molar-refractivity contribution in [1.82, 2.24) is 20.1 Å². The number of amides is 1. The van der Waals surface area contributed by atoms with Crippen molar-refractivity contribution in [3.63, 3.8) is 0 Å². The second kappa shape index (κ2) is 4.70. The standard InChI is InChI=1S/C12H9BrN6O/c1-15-11-6-2-7(13)9(3-8(6)17-12(11)20)19-5-16-10(4-14)18-19/h2-3,5,11,15H,1H3,(H,17,20). The number of nitrogens with one attached hydrogen (secondary N) is 2. The van der Waals surface area contributed by atoms with Crippen LogP contribution in [0.3, 0.4) is 0 Å². The predicted molar refractivity (Wildman–Crippen MR) is 74.2 cm³/mol. The molecule has 2 heterocycles. The molecule has 1 amide bonds. The molecule has 1 atom stereocenters. The second-order valence-electron chi connectivity index (χ2n) is 4.23. The molecule has 0 spiro atoms. The van der Waals surface area contributed by atoms with E-state index >= 15 is 0 Å². The number of anilines is 1. The van der Waals surface area contributed by atoms with E-state index in [0.717, 1.165) is 15.7 Å². The van der Waals surface area contributed by atoms with E-state index in [1.807, 2.05) is 12.1 Å². The van der Waals surface area contributed by atoms with Crippen LogP contribution in [0.1, 0.15) is 17.4 Å². The Labute approximate surface area is 122 Å². The van der Waals surface area contributed by atoms with Gasteiger partial charge in [0.05, 0.1) is 5.69 Å². The van der Waals surface area contributed by atoms with Crippen LogP contribution in [0.4, 0.5) is 5.69 Å². The van der Waals surface area contributed by atoms with Crippen LogP contribution in [0.15, 0.2) is 22.9 Å². The molecule has 1 aromatic heterocycles. The normalized spacial score (nSPS) is 16.6. The van der Waals surface area contributed by atoms with E-state index in [1.165, 1.54) is 11.0 Å². The van der Waals surface area contributed by atoms with Gasteiger partial charge < -0.3 is 10.6 Å². The van der Waals surface area contributed by atoms with Gasteiger partial charge in [0.25, 0.3) is 5.82 Å². The lowest BCUT2D eigenvalue weighted by atomic mass is 10.1. The number of hydrogen-bond acceptors (Lipinski definition) is 5. The van der Waals surface area contributed by atoms with Crippen LogP contribution in [0.5, 0.6) is 0 Å². The van der Waals surface area contributed by atoms with Gasteiger partial charge in [0.2, 0.25) is 5.91 Å². The third kappa shape index (κ3) is 1.88. The summed E-state index contributed by atoms with van der Waals surface area (Å²) in [5, 5.41) is 18.6. The van der Waals surface area contributed by atoms with E-state index in [9.17, 15) is 4.79 Å².